The Bertz CT molecular complexity index is 352. The molecule has 3 heteroatoms. The molecule has 0 aliphatic rings. The Morgan fingerprint density at radius 3 is 2.63 bits per heavy atom. The van der Waals surface area contributed by atoms with Gasteiger partial charge in [-0.2, -0.15) is 0 Å². The normalized spacial score (nSPS) is 12.7. The molecule has 108 valence electrons. The van der Waals surface area contributed by atoms with Crippen LogP contribution in [0.5, 0.6) is 5.75 Å². The fraction of sp³-hybridized carbons (Fsp3) is 0.625. The zero-order valence-corrected chi connectivity index (χ0v) is 12.6. The Balaban J connectivity index is 2.35. The van der Waals surface area contributed by atoms with E-state index in [2.05, 4.69) is 32.2 Å². The van der Waals surface area contributed by atoms with E-state index in [1.807, 2.05) is 18.2 Å². The maximum absolute atomic E-state index is 5.94. The van der Waals surface area contributed by atoms with Crippen LogP contribution >= 0.6 is 0 Å². The van der Waals surface area contributed by atoms with E-state index >= 15 is 0 Å². The van der Waals surface area contributed by atoms with Gasteiger partial charge in [0.2, 0.25) is 0 Å². The summed E-state index contributed by atoms with van der Waals surface area (Å²) in [6.45, 7) is 9.18. The second-order valence-corrected chi connectivity index (χ2v) is 5.24. The monoisotopic (exact) mass is 265 g/mol. The van der Waals surface area contributed by atoms with Gasteiger partial charge < -0.3 is 14.8 Å². The lowest BCUT2D eigenvalue weighted by atomic mass is 10.2. The lowest BCUT2D eigenvalue weighted by molar-refractivity contribution is 0.0380. The van der Waals surface area contributed by atoms with Gasteiger partial charge in [-0.25, -0.2) is 0 Å². The Labute approximate surface area is 117 Å². The van der Waals surface area contributed by atoms with E-state index in [-0.39, 0.29) is 6.10 Å². The van der Waals surface area contributed by atoms with E-state index in [9.17, 15) is 0 Å². The third-order valence-electron chi connectivity index (χ3n) is 3.00. The van der Waals surface area contributed by atoms with Crippen LogP contribution in [-0.2, 0) is 11.3 Å². The smallest absolute Gasteiger partial charge is 0.119 e. The number of ether oxygens (including phenoxy) is 2. The lowest BCUT2D eigenvalue weighted by Crippen LogP contribution is -2.31. The second kappa shape index (κ2) is 8.94. The number of hydrogen-bond donors (Lipinski definition) is 1. The first-order chi connectivity index (χ1) is 9.15. The van der Waals surface area contributed by atoms with Crippen molar-refractivity contribution < 1.29 is 9.47 Å². The quantitative estimate of drug-likeness (QED) is 0.743. The van der Waals surface area contributed by atoms with Crippen molar-refractivity contribution in [2.45, 2.75) is 39.9 Å². The highest BCUT2D eigenvalue weighted by Crippen LogP contribution is 2.14. The fourth-order valence-electron chi connectivity index (χ4n) is 1.83. The summed E-state index contributed by atoms with van der Waals surface area (Å²) in [5.74, 6) is 1.56. The maximum Gasteiger partial charge on any atom is 0.119 e. The van der Waals surface area contributed by atoms with Crippen molar-refractivity contribution in [2.24, 2.45) is 5.92 Å². The third-order valence-corrected chi connectivity index (χ3v) is 3.00. The van der Waals surface area contributed by atoms with Gasteiger partial charge in [0, 0.05) is 6.54 Å². The minimum Gasteiger partial charge on any atom is -0.497 e. The Hall–Kier alpha value is -1.06. The summed E-state index contributed by atoms with van der Waals surface area (Å²) in [6, 6.07) is 8.03. The minimum atomic E-state index is 0.268. The van der Waals surface area contributed by atoms with Crippen molar-refractivity contribution in [3.05, 3.63) is 29.8 Å². The molecule has 1 unspecified atom stereocenters. The van der Waals surface area contributed by atoms with Gasteiger partial charge in [-0.3, -0.25) is 0 Å². The Morgan fingerprint density at radius 1 is 1.21 bits per heavy atom. The van der Waals surface area contributed by atoms with Crippen molar-refractivity contribution in [2.75, 3.05) is 20.2 Å². The van der Waals surface area contributed by atoms with Crippen LogP contribution < -0.4 is 10.1 Å². The highest BCUT2D eigenvalue weighted by atomic mass is 16.5. The molecule has 0 bridgehead atoms. The molecular formula is C16H27NO2. The first kappa shape index (κ1) is 16.0. The molecule has 0 saturated heterocycles. The molecule has 1 aromatic rings. The minimum absolute atomic E-state index is 0.268. The van der Waals surface area contributed by atoms with Crippen LogP contribution in [0.3, 0.4) is 0 Å². The van der Waals surface area contributed by atoms with Crippen LogP contribution in [-0.4, -0.2) is 26.3 Å². The van der Waals surface area contributed by atoms with Crippen LogP contribution in [0.25, 0.3) is 0 Å². The molecule has 0 aliphatic heterocycles. The third kappa shape index (κ3) is 6.60. The van der Waals surface area contributed by atoms with E-state index in [4.69, 9.17) is 9.47 Å². The topological polar surface area (TPSA) is 30.5 Å². The van der Waals surface area contributed by atoms with E-state index in [1.165, 1.54) is 0 Å². The van der Waals surface area contributed by atoms with Gasteiger partial charge in [-0.05, 0) is 36.6 Å². The van der Waals surface area contributed by atoms with E-state index in [0.717, 1.165) is 30.8 Å². The van der Waals surface area contributed by atoms with E-state index < -0.39 is 0 Å². The highest BCUT2D eigenvalue weighted by Gasteiger charge is 2.07. The molecule has 0 saturated carbocycles. The molecule has 1 rings (SSSR count). The van der Waals surface area contributed by atoms with Gasteiger partial charge in [-0.1, -0.05) is 32.9 Å². The highest BCUT2D eigenvalue weighted by molar-refractivity contribution is 5.27. The summed E-state index contributed by atoms with van der Waals surface area (Å²) in [5.41, 5.74) is 1.15. The molecule has 1 N–H and O–H groups in total. The molecule has 1 atom stereocenters. The van der Waals surface area contributed by atoms with Crippen LogP contribution in [0.2, 0.25) is 0 Å². The molecule has 3 nitrogen and oxygen atoms in total. The predicted octanol–water partition coefficient (Wildman–Crippen LogP) is 3.24. The zero-order chi connectivity index (χ0) is 14.1. The molecule has 0 fully saturated rings. The number of hydrogen-bond acceptors (Lipinski definition) is 3. The largest absolute Gasteiger partial charge is 0.497 e. The van der Waals surface area contributed by atoms with Crippen molar-refractivity contribution in [3.8, 4) is 5.75 Å². The fourth-order valence-corrected chi connectivity index (χ4v) is 1.83. The number of nitrogens with one attached hydrogen (secondary N) is 1. The zero-order valence-electron chi connectivity index (χ0n) is 12.6. The van der Waals surface area contributed by atoms with Gasteiger partial charge in [0.15, 0.2) is 0 Å². The standard InChI is InChI=1S/C16H27NO2/c1-5-15(11-17-10-13(2)3)19-12-14-7-6-8-16(9-14)18-4/h6-9,13,15,17H,5,10-12H2,1-4H3. The van der Waals surface area contributed by atoms with E-state index in [1.54, 1.807) is 7.11 Å². The lowest BCUT2D eigenvalue weighted by Gasteiger charge is -2.18. The van der Waals surface area contributed by atoms with Gasteiger partial charge in [-0.15, -0.1) is 0 Å². The Kier molecular flexibility index (Phi) is 7.53. The van der Waals surface area contributed by atoms with Crippen LogP contribution in [0.15, 0.2) is 24.3 Å². The first-order valence-corrected chi connectivity index (χ1v) is 7.11. The maximum atomic E-state index is 5.94. The summed E-state index contributed by atoms with van der Waals surface area (Å²) >= 11 is 0. The van der Waals surface area contributed by atoms with Gasteiger partial charge in [0.05, 0.1) is 19.8 Å². The summed E-state index contributed by atoms with van der Waals surface area (Å²) in [7, 11) is 1.69. The SMILES string of the molecule is CCC(CNCC(C)C)OCc1cccc(OC)c1. The molecule has 0 aliphatic carbocycles. The van der Waals surface area contributed by atoms with Crippen molar-refractivity contribution in [1.82, 2.24) is 5.32 Å². The Morgan fingerprint density at radius 2 is 2.00 bits per heavy atom. The molecule has 0 heterocycles. The molecule has 19 heavy (non-hydrogen) atoms. The molecule has 0 amide bonds. The number of benzene rings is 1. The first-order valence-electron chi connectivity index (χ1n) is 7.11. The average Bonchev–Trinajstić information content (AvgIpc) is 2.42. The summed E-state index contributed by atoms with van der Waals surface area (Å²) in [4.78, 5) is 0. The van der Waals surface area contributed by atoms with Crippen molar-refractivity contribution in [3.63, 3.8) is 0 Å². The van der Waals surface area contributed by atoms with Gasteiger partial charge >= 0.3 is 0 Å². The molecule has 0 spiro atoms. The predicted molar refractivity (Wildman–Crippen MR) is 79.6 cm³/mol. The van der Waals surface area contributed by atoms with Gasteiger partial charge in [0.1, 0.15) is 5.75 Å². The van der Waals surface area contributed by atoms with Crippen LogP contribution in [0, 0.1) is 5.92 Å². The molecule has 0 radical (unpaired) electrons. The van der Waals surface area contributed by atoms with Crippen LogP contribution in [0.4, 0.5) is 0 Å². The van der Waals surface area contributed by atoms with Crippen LogP contribution in [0.1, 0.15) is 32.8 Å². The summed E-state index contributed by atoms with van der Waals surface area (Å²) in [5, 5.41) is 3.44. The van der Waals surface area contributed by atoms with Gasteiger partial charge in [0.25, 0.3) is 0 Å². The number of rotatable bonds is 9. The average molecular weight is 265 g/mol. The van der Waals surface area contributed by atoms with E-state index in [0.29, 0.717) is 12.5 Å². The molecule has 1 aromatic carbocycles. The summed E-state index contributed by atoms with van der Waals surface area (Å²) < 4.78 is 11.2. The number of methoxy groups -OCH3 is 1. The van der Waals surface area contributed by atoms with Crippen molar-refractivity contribution >= 4 is 0 Å². The summed E-state index contributed by atoms with van der Waals surface area (Å²) in [6.07, 6.45) is 1.29. The second-order valence-electron chi connectivity index (χ2n) is 5.24. The molecular weight excluding hydrogens is 238 g/mol. The van der Waals surface area contributed by atoms with Crippen molar-refractivity contribution in [1.29, 1.82) is 0 Å². The molecule has 0 aromatic heterocycles.